The van der Waals surface area contributed by atoms with Crippen LogP contribution in [-0.4, -0.2) is 15.0 Å². The van der Waals surface area contributed by atoms with Crippen LogP contribution in [0.15, 0.2) is 31.6 Å². The van der Waals surface area contributed by atoms with Gasteiger partial charge in [-0.2, -0.15) is 0 Å². The van der Waals surface area contributed by atoms with Crippen molar-refractivity contribution in [2.75, 3.05) is 12.3 Å². The van der Waals surface area contributed by atoms with Crippen molar-refractivity contribution in [3.8, 4) is 0 Å². The Hall–Kier alpha value is -0.410. The first kappa shape index (κ1) is 14.0. The van der Waals surface area contributed by atoms with Gasteiger partial charge >= 0.3 is 0 Å². The maximum absolute atomic E-state index is 11.9. The van der Waals surface area contributed by atoms with Crippen LogP contribution < -0.4 is 10.5 Å². The Labute approximate surface area is 122 Å². The van der Waals surface area contributed by atoms with Crippen LogP contribution in [0.3, 0.4) is 0 Å². The second-order valence-electron chi connectivity index (χ2n) is 3.55. The number of nitrogen functional groups attached to an aromatic ring is 1. The summed E-state index contributed by atoms with van der Waals surface area (Å²) < 4.78 is 27.6. The summed E-state index contributed by atoms with van der Waals surface area (Å²) in [6.07, 6.45) is 0.677. The lowest BCUT2D eigenvalue weighted by atomic mass is 10.3. The van der Waals surface area contributed by atoms with Gasteiger partial charge in [0, 0.05) is 22.5 Å². The van der Waals surface area contributed by atoms with Crippen LogP contribution in [0.2, 0.25) is 0 Å². The minimum Gasteiger partial charge on any atom is -0.398 e. The van der Waals surface area contributed by atoms with Gasteiger partial charge in [-0.1, -0.05) is 0 Å². The van der Waals surface area contributed by atoms with Gasteiger partial charge in [0.25, 0.3) is 0 Å². The third-order valence-electron chi connectivity index (χ3n) is 2.15. The zero-order valence-electron chi connectivity index (χ0n) is 9.22. The Kier molecular flexibility index (Phi) is 4.44. The first-order chi connectivity index (χ1) is 8.47. The van der Waals surface area contributed by atoms with E-state index < -0.39 is 10.0 Å². The Bertz CT molecular complexity index is 633. The second kappa shape index (κ2) is 5.70. The van der Waals surface area contributed by atoms with Crippen molar-refractivity contribution < 1.29 is 8.42 Å². The number of sulfonamides is 1. The maximum Gasteiger partial charge on any atom is 0.250 e. The molecule has 0 saturated heterocycles. The number of halogens is 1. The van der Waals surface area contributed by atoms with E-state index in [4.69, 9.17) is 5.73 Å². The summed E-state index contributed by atoms with van der Waals surface area (Å²) in [5.74, 6) is 0. The molecule has 2 aromatic heterocycles. The summed E-state index contributed by atoms with van der Waals surface area (Å²) in [4.78, 5) is 1.13. The van der Waals surface area contributed by atoms with Gasteiger partial charge in [0.15, 0.2) is 0 Å². The van der Waals surface area contributed by atoms with Crippen molar-refractivity contribution in [2.45, 2.75) is 10.6 Å². The lowest BCUT2D eigenvalue weighted by Crippen LogP contribution is -2.25. The first-order valence-corrected chi connectivity index (χ1v) is 9.02. The summed E-state index contributed by atoms with van der Waals surface area (Å²) in [6, 6.07) is 5.40. The molecule has 98 valence electrons. The first-order valence-electron chi connectivity index (χ1n) is 5.05. The number of nitrogens with two attached hydrogens (primary N) is 1. The Balaban J connectivity index is 1.93. The summed E-state index contributed by atoms with van der Waals surface area (Å²) in [6.45, 7) is 0.382. The fourth-order valence-electron chi connectivity index (χ4n) is 1.34. The molecule has 0 unspecified atom stereocenters. The highest BCUT2D eigenvalue weighted by atomic mass is 79.9. The van der Waals surface area contributed by atoms with Gasteiger partial charge < -0.3 is 5.73 Å². The topological polar surface area (TPSA) is 72.2 Å². The van der Waals surface area contributed by atoms with Crippen LogP contribution in [-0.2, 0) is 16.4 Å². The average Bonchev–Trinajstić information content (AvgIpc) is 2.88. The largest absolute Gasteiger partial charge is 0.398 e. The summed E-state index contributed by atoms with van der Waals surface area (Å²) in [7, 11) is -3.42. The molecule has 0 bridgehead atoms. The highest BCUT2D eigenvalue weighted by molar-refractivity contribution is 9.11. The van der Waals surface area contributed by atoms with E-state index in [1.807, 2.05) is 12.1 Å². The Morgan fingerprint density at radius 1 is 1.39 bits per heavy atom. The quantitative estimate of drug-likeness (QED) is 0.854. The molecule has 0 aliphatic rings. The summed E-state index contributed by atoms with van der Waals surface area (Å²) in [5, 5.41) is 1.62. The molecule has 0 aliphatic heterocycles. The maximum atomic E-state index is 11.9. The zero-order valence-corrected chi connectivity index (χ0v) is 13.3. The van der Waals surface area contributed by atoms with Crippen LogP contribution in [0.5, 0.6) is 0 Å². The molecule has 0 atom stereocenters. The molecule has 0 aromatic carbocycles. The normalized spacial score (nSPS) is 11.8. The average molecular weight is 367 g/mol. The van der Waals surface area contributed by atoms with E-state index in [1.165, 1.54) is 6.07 Å². The van der Waals surface area contributed by atoms with E-state index in [1.54, 1.807) is 16.7 Å². The van der Waals surface area contributed by atoms with Gasteiger partial charge in [-0.05, 0) is 40.5 Å². The molecule has 4 nitrogen and oxygen atoms in total. The highest BCUT2D eigenvalue weighted by Gasteiger charge is 2.15. The van der Waals surface area contributed by atoms with E-state index in [0.717, 1.165) is 20.0 Å². The smallest absolute Gasteiger partial charge is 0.250 e. The van der Waals surface area contributed by atoms with Gasteiger partial charge in [0.05, 0.1) is 3.79 Å². The van der Waals surface area contributed by atoms with Crippen molar-refractivity contribution in [1.29, 1.82) is 0 Å². The fourth-order valence-corrected chi connectivity index (χ4v) is 4.98. The minimum absolute atomic E-state index is 0.257. The molecule has 0 spiro atoms. The van der Waals surface area contributed by atoms with Gasteiger partial charge in [0.2, 0.25) is 10.0 Å². The van der Waals surface area contributed by atoms with Crippen molar-refractivity contribution in [2.24, 2.45) is 0 Å². The lowest BCUT2D eigenvalue weighted by molar-refractivity contribution is 0.584. The fraction of sp³-hybridized carbons (Fsp3) is 0.200. The van der Waals surface area contributed by atoms with Gasteiger partial charge in [0.1, 0.15) is 4.21 Å². The van der Waals surface area contributed by atoms with Crippen LogP contribution >= 0.6 is 38.6 Å². The number of hydrogen-bond acceptors (Lipinski definition) is 5. The molecule has 0 fully saturated rings. The monoisotopic (exact) mass is 366 g/mol. The van der Waals surface area contributed by atoms with Crippen molar-refractivity contribution in [3.05, 3.63) is 32.2 Å². The number of hydrogen-bond donors (Lipinski definition) is 2. The van der Waals surface area contributed by atoms with E-state index in [9.17, 15) is 8.42 Å². The van der Waals surface area contributed by atoms with Gasteiger partial charge in [-0.25, -0.2) is 13.1 Å². The molecule has 0 radical (unpaired) electrons. The summed E-state index contributed by atoms with van der Waals surface area (Å²) >= 11 is 6.10. The molecule has 0 aliphatic carbocycles. The number of nitrogens with one attached hydrogen (secondary N) is 1. The van der Waals surface area contributed by atoms with E-state index in [-0.39, 0.29) is 4.21 Å². The van der Waals surface area contributed by atoms with Crippen molar-refractivity contribution >= 4 is 54.3 Å². The molecule has 2 aromatic rings. The lowest BCUT2D eigenvalue weighted by Gasteiger charge is -2.03. The molecule has 0 saturated carbocycles. The predicted octanol–water partition coefficient (Wildman–Crippen LogP) is 2.68. The summed E-state index contributed by atoms with van der Waals surface area (Å²) in [5.41, 5.74) is 5.99. The molecule has 8 heteroatoms. The van der Waals surface area contributed by atoms with Crippen LogP contribution in [0.1, 0.15) is 4.88 Å². The second-order valence-corrected chi connectivity index (χ2v) is 9.01. The van der Waals surface area contributed by atoms with E-state index in [2.05, 4.69) is 20.7 Å². The molecule has 0 amide bonds. The van der Waals surface area contributed by atoms with Crippen LogP contribution in [0.25, 0.3) is 0 Å². The standard InChI is InChI=1S/C10H11BrN2O2S3/c11-9-2-1-8(17-9)3-4-13-18(14,15)10-5-7(12)6-16-10/h1-2,5-6,13H,3-4,12H2. The van der Waals surface area contributed by atoms with E-state index >= 15 is 0 Å². The Morgan fingerprint density at radius 3 is 2.72 bits per heavy atom. The molecule has 2 heterocycles. The highest BCUT2D eigenvalue weighted by Crippen LogP contribution is 2.23. The zero-order chi connectivity index (χ0) is 13.2. The molecular formula is C10H11BrN2O2S3. The van der Waals surface area contributed by atoms with Crippen molar-refractivity contribution in [3.63, 3.8) is 0 Å². The molecule has 2 rings (SSSR count). The SMILES string of the molecule is Nc1csc(S(=O)(=O)NCCc2ccc(Br)s2)c1. The van der Waals surface area contributed by atoms with E-state index in [0.29, 0.717) is 18.7 Å². The predicted molar refractivity (Wildman–Crippen MR) is 79.6 cm³/mol. The van der Waals surface area contributed by atoms with Gasteiger partial charge in [-0.15, -0.1) is 22.7 Å². The number of rotatable bonds is 5. The van der Waals surface area contributed by atoms with Gasteiger partial charge in [-0.3, -0.25) is 0 Å². The van der Waals surface area contributed by atoms with Crippen LogP contribution in [0.4, 0.5) is 5.69 Å². The minimum atomic E-state index is -3.42. The Morgan fingerprint density at radius 2 is 2.17 bits per heavy atom. The third kappa shape index (κ3) is 3.55. The number of anilines is 1. The van der Waals surface area contributed by atoms with Crippen LogP contribution in [0, 0.1) is 0 Å². The van der Waals surface area contributed by atoms with Crippen molar-refractivity contribution in [1.82, 2.24) is 4.72 Å². The third-order valence-corrected chi connectivity index (χ3v) is 6.76. The molecule has 3 N–H and O–H groups in total. The molecular weight excluding hydrogens is 356 g/mol. The number of thiophene rings is 2. The molecule has 18 heavy (non-hydrogen) atoms.